The highest BCUT2D eigenvalue weighted by molar-refractivity contribution is 7.99. The zero-order valence-corrected chi connectivity index (χ0v) is 10.0. The number of thioether (sulfide) groups is 1. The van der Waals surface area contributed by atoms with Crippen molar-refractivity contribution in [3.63, 3.8) is 0 Å². The molecule has 0 radical (unpaired) electrons. The van der Waals surface area contributed by atoms with Crippen molar-refractivity contribution >= 4 is 11.8 Å². The standard InChI is InChI=1S/C9H19NO5S/c1-3(11)4(10)8-6(13)5(12)7(14)9(15-8)16-2/h3-9,11-14H,10H2,1-2H3/t3?,4?,5-,6+,7+,8+,9+/m0/s1. The van der Waals surface area contributed by atoms with E-state index in [9.17, 15) is 20.4 Å². The van der Waals surface area contributed by atoms with E-state index in [-0.39, 0.29) is 0 Å². The van der Waals surface area contributed by atoms with Crippen LogP contribution < -0.4 is 5.73 Å². The summed E-state index contributed by atoms with van der Waals surface area (Å²) in [6, 6.07) is -0.813. The second-order valence-electron chi connectivity index (χ2n) is 3.99. The smallest absolute Gasteiger partial charge is 0.132 e. The summed E-state index contributed by atoms with van der Waals surface area (Å²) in [6.45, 7) is 1.48. The predicted octanol–water partition coefficient (Wildman–Crippen LogP) is -2.13. The van der Waals surface area contributed by atoms with Gasteiger partial charge in [0.1, 0.15) is 29.9 Å². The van der Waals surface area contributed by atoms with E-state index in [1.165, 1.54) is 18.7 Å². The first-order valence-electron chi connectivity index (χ1n) is 5.06. The summed E-state index contributed by atoms with van der Waals surface area (Å²) < 4.78 is 5.37. The molecule has 7 heteroatoms. The first-order valence-corrected chi connectivity index (χ1v) is 6.35. The van der Waals surface area contributed by atoms with Gasteiger partial charge in [0.25, 0.3) is 0 Å². The third-order valence-corrected chi connectivity index (χ3v) is 3.63. The summed E-state index contributed by atoms with van der Waals surface area (Å²) in [5.74, 6) is 0. The molecule has 7 atom stereocenters. The van der Waals surface area contributed by atoms with Crippen molar-refractivity contribution in [1.82, 2.24) is 0 Å². The van der Waals surface area contributed by atoms with Crippen LogP contribution in [0, 0.1) is 0 Å². The van der Waals surface area contributed by atoms with E-state index in [0.717, 1.165) is 0 Å². The highest BCUT2D eigenvalue weighted by Crippen LogP contribution is 2.28. The molecule has 6 nitrogen and oxygen atoms in total. The monoisotopic (exact) mass is 253 g/mol. The van der Waals surface area contributed by atoms with Crippen LogP contribution in [0.15, 0.2) is 0 Å². The zero-order valence-electron chi connectivity index (χ0n) is 9.22. The molecule has 6 N–H and O–H groups in total. The maximum atomic E-state index is 9.71. The lowest BCUT2D eigenvalue weighted by molar-refractivity contribution is -0.207. The fourth-order valence-electron chi connectivity index (χ4n) is 1.66. The Bertz CT molecular complexity index is 228. The fraction of sp³-hybridized carbons (Fsp3) is 1.00. The van der Waals surface area contributed by atoms with Gasteiger partial charge < -0.3 is 30.9 Å². The molecule has 16 heavy (non-hydrogen) atoms. The van der Waals surface area contributed by atoms with E-state index >= 15 is 0 Å². The van der Waals surface area contributed by atoms with Gasteiger partial charge in [0, 0.05) is 0 Å². The topological polar surface area (TPSA) is 116 Å². The van der Waals surface area contributed by atoms with Crippen LogP contribution in [-0.2, 0) is 4.74 Å². The van der Waals surface area contributed by atoms with Crippen LogP contribution in [0.3, 0.4) is 0 Å². The maximum absolute atomic E-state index is 9.71. The molecular formula is C9H19NO5S. The molecule has 0 aromatic carbocycles. The third kappa shape index (κ3) is 2.67. The lowest BCUT2D eigenvalue weighted by Gasteiger charge is -2.42. The molecule has 0 aromatic rings. The molecule has 1 aliphatic heterocycles. The lowest BCUT2D eigenvalue weighted by Crippen LogP contribution is -2.63. The van der Waals surface area contributed by atoms with Crippen LogP contribution in [0.1, 0.15) is 6.92 Å². The van der Waals surface area contributed by atoms with Crippen LogP contribution in [0.2, 0.25) is 0 Å². The van der Waals surface area contributed by atoms with Crippen molar-refractivity contribution in [2.45, 2.75) is 48.9 Å². The number of rotatable bonds is 3. The molecule has 0 spiro atoms. The number of nitrogens with two attached hydrogens (primary N) is 1. The Morgan fingerprint density at radius 2 is 1.75 bits per heavy atom. The Balaban J connectivity index is 2.78. The summed E-state index contributed by atoms with van der Waals surface area (Å²) in [5, 5.41) is 38.2. The van der Waals surface area contributed by atoms with Gasteiger partial charge in [-0.1, -0.05) is 0 Å². The molecule has 0 bridgehead atoms. The normalized spacial score (nSPS) is 44.1. The second-order valence-corrected chi connectivity index (χ2v) is 4.93. The van der Waals surface area contributed by atoms with Crippen LogP contribution in [0.5, 0.6) is 0 Å². The first kappa shape index (κ1) is 14.2. The Morgan fingerprint density at radius 1 is 1.19 bits per heavy atom. The van der Waals surface area contributed by atoms with Gasteiger partial charge in [-0.05, 0) is 13.2 Å². The van der Waals surface area contributed by atoms with Gasteiger partial charge in [-0.15, -0.1) is 11.8 Å². The Hall–Kier alpha value is 0.110. The highest BCUT2D eigenvalue weighted by atomic mass is 32.2. The Labute approximate surface area is 98.4 Å². The largest absolute Gasteiger partial charge is 0.392 e. The van der Waals surface area contributed by atoms with Crippen LogP contribution >= 0.6 is 11.8 Å². The van der Waals surface area contributed by atoms with Crippen molar-refractivity contribution < 1.29 is 25.2 Å². The molecule has 1 aliphatic rings. The van der Waals surface area contributed by atoms with Crippen LogP contribution in [-0.4, -0.2) is 68.7 Å². The lowest BCUT2D eigenvalue weighted by atomic mass is 9.93. The molecule has 1 saturated heterocycles. The van der Waals surface area contributed by atoms with E-state index < -0.39 is 42.0 Å². The van der Waals surface area contributed by atoms with Gasteiger partial charge in [-0.2, -0.15) is 0 Å². The fourth-order valence-corrected chi connectivity index (χ4v) is 2.34. The van der Waals surface area contributed by atoms with Crippen LogP contribution in [0.25, 0.3) is 0 Å². The minimum Gasteiger partial charge on any atom is -0.392 e. The van der Waals surface area contributed by atoms with Gasteiger partial charge in [0.15, 0.2) is 0 Å². The van der Waals surface area contributed by atoms with Crippen molar-refractivity contribution in [2.75, 3.05) is 6.26 Å². The average Bonchev–Trinajstić information content (AvgIpc) is 2.25. The van der Waals surface area contributed by atoms with Crippen LogP contribution in [0.4, 0.5) is 0 Å². The number of aliphatic hydroxyl groups excluding tert-OH is 4. The molecular weight excluding hydrogens is 234 g/mol. The molecule has 2 unspecified atom stereocenters. The number of ether oxygens (including phenoxy) is 1. The quantitative estimate of drug-likeness (QED) is 0.390. The highest BCUT2D eigenvalue weighted by Gasteiger charge is 2.46. The van der Waals surface area contributed by atoms with Crippen molar-refractivity contribution in [1.29, 1.82) is 0 Å². The van der Waals surface area contributed by atoms with Gasteiger partial charge in [-0.25, -0.2) is 0 Å². The van der Waals surface area contributed by atoms with E-state index in [1.54, 1.807) is 6.26 Å². The van der Waals surface area contributed by atoms with Crippen molar-refractivity contribution in [3.8, 4) is 0 Å². The summed E-state index contributed by atoms with van der Waals surface area (Å²) in [5.41, 5.74) is 5.01. The Kier molecular flexibility index (Phi) is 4.99. The average molecular weight is 253 g/mol. The molecule has 0 aromatic heterocycles. The summed E-state index contributed by atoms with van der Waals surface area (Å²) in [4.78, 5) is 0. The second kappa shape index (κ2) is 5.63. The first-order chi connectivity index (χ1) is 7.40. The molecule has 1 fully saturated rings. The van der Waals surface area contributed by atoms with E-state index in [4.69, 9.17) is 10.5 Å². The summed E-state index contributed by atoms with van der Waals surface area (Å²) in [7, 11) is 0. The zero-order chi connectivity index (χ0) is 12.5. The molecule has 1 heterocycles. The van der Waals surface area contributed by atoms with Crippen molar-refractivity contribution in [2.24, 2.45) is 5.73 Å². The van der Waals surface area contributed by atoms with E-state index in [2.05, 4.69) is 0 Å². The minimum atomic E-state index is -1.32. The van der Waals surface area contributed by atoms with Gasteiger partial charge in [0.2, 0.25) is 0 Å². The van der Waals surface area contributed by atoms with Gasteiger partial charge in [-0.3, -0.25) is 0 Å². The minimum absolute atomic E-state index is 0.659. The number of hydrogen-bond acceptors (Lipinski definition) is 7. The Morgan fingerprint density at radius 3 is 2.19 bits per heavy atom. The molecule has 0 saturated carbocycles. The van der Waals surface area contributed by atoms with E-state index in [1.807, 2.05) is 0 Å². The predicted molar refractivity (Wildman–Crippen MR) is 59.9 cm³/mol. The molecule has 96 valence electrons. The van der Waals surface area contributed by atoms with Gasteiger partial charge in [0.05, 0.1) is 12.1 Å². The molecule has 1 rings (SSSR count). The maximum Gasteiger partial charge on any atom is 0.132 e. The van der Waals surface area contributed by atoms with Crippen molar-refractivity contribution in [3.05, 3.63) is 0 Å². The third-order valence-electron chi connectivity index (χ3n) is 2.78. The number of aliphatic hydroxyl groups is 4. The number of hydrogen-bond donors (Lipinski definition) is 5. The summed E-state index contributed by atoms with van der Waals surface area (Å²) >= 11 is 1.21. The molecule has 0 aliphatic carbocycles. The van der Waals surface area contributed by atoms with E-state index in [0.29, 0.717) is 0 Å². The summed E-state index contributed by atoms with van der Waals surface area (Å²) in [6.07, 6.45) is -3.84. The van der Waals surface area contributed by atoms with Gasteiger partial charge >= 0.3 is 0 Å². The molecule has 0 amide bonds. The SMILES string of the molecule is CS[C@H]1O[C@H](C(N)C(C)O)[C@H](O)[C@H](O)[C@H]1O.